The fourth-order valence-corrected chi connectivity index (χ4v) is 2.13. The standard InChI is InChI=1S/C11H19NO4/c1-2-15-10(13)12-5-3-11(14,4-6-12)7-9-8-16-9/h9,14H,2-8H2,1H3. The minimum Gasteiger partial charge on any atom is -0.450 e. The van der Waals surface area contributed by atoms with E-state index in [2.05, 4.69) is 0 Å². The van der Waals surface area contributed by atoms with Crippen molar-refractivity contribution in [2.45, 2.75) is 37.9 Å². The molecule has 0 aliphatic carbocycles. The number of carbonyl (C=O) groups is 1. The molecule has 0 aromatic heterocycles. The van der Waals surface area contributed by atoms with Crippen LogP contribution in [0.25, 0.3) is 0 Å². The summed E-state index contributed by atoms with van der Waals surface area (Å²) in [5.74, 6) is 0. The van der Waals surface area contributed by atoms with Gasteiger partial charge in [-0.2, -0.15) is 0 Å². The van der Waals surface area contributed by atoms with E-state index in [0.29, 0.717) is 39.0 Å². The van der Waals surface area contributed by atoms with Gasteiger partial charge in [-0.25, -0.2) is 4.79 Å². The van der Waals surface area contributed by atoms with Crippen LogP contribution in [0.5, 0.6) is 0 Å². The Morgan fingerprint density at radius 2 is 2.19 bits per heavy atom. The van der Waals surface area contributed by atoms with Crippen molar-refractivity contribution in [3.05, 3.63) is 0 Å². The number of aliphatic hydroxyl groups is 1. The first-order valence-electron chi connectivity index (χ1n) is 5.89. The molecule has 0 radical (unpaired) electrons. The molecule has 0 saturated carbocycles. The summed E-state index contributed by atoms with van der Waals surface area (Å²) in [5, 5.41) is 10.3. The molecule has 0 aromatic rings. The van der Waals surface area contributed by atoms with E-state index >= 15 is 0 Å². The van der Waals surface area contributed by atoms with Crippen LogP contribution in [-0.4, -0.2) is 54.1 Å². The molecule has 1 N–H and O–H groups in total. The molecule has 2 saturated heterocycles. The minimum absolute atomic E-state index is 0.235. The van der Waals surface area contributed by atoms with Gasteiger partial charge < -0.3 is 19.5 Å². The number of ether oxygens (including phenoxy) is 2. The zero-order chi connectivity index (χ0) is 11.6. The number of hydrogen-bond donors (Lipinski definition) is 1. The van der Waals surface area contributed by atoms with Crippen LogP contribution >= 0.6 is 0 Å². The van der Waals surface area contributed by atoms with Gasteiger partial charge in [0.15, 0.2) is 0 Å². The topological polar surface area (TPSA) is 62.3 Å². The minimum atomic E-state index is -0.649. The number of amides is 1. The number of likely N-dealkylation sites (tertiary alicyclic amines) is 1. The molecule has 2 aliphatic rings. The molecule has 0 aromatic carbocycles. The van der Waals surface area contributed by atoms with Gasteiger partial charge >= 0.3 is 6.09 Å². The summed E-state index contributed by atoms with van der Waals surface area (Å²) >= 11 is 0. The molecule has 92 valence electrons. The van der Waals surface area contributed by atoms with E-state index in [-0.39, 0.29) is 12.2 Å². The summed E-state index contributed by atoms with van der Waals surface area (Å²) in [7, 11) is 0. The monoisotopic (exact) mass is 229 g/mol. The summed E-state index contributed by atoms with van der Waals surface area (Å²) in [4.78, 5) is 13.1. The Morgan fingerprint density at radius 1 is 1.56 bits per heavy atom. The molecule has 16 heavy (non-hydrogen) atoms. The zero-order valence-corrected chi connectivity index (χ0v) is 9.65. The van der Waals surface area contributed by atoms with E-state index in [1.165, 1.54) is 0 Å². The summed E-state index contributed by atoms with van der Waals surface area (Å²) < 4.78 is 10.0. The first kappa shape index (κ1) is 11.7. The van der Waals surface area contributed by atoms with Gasteiger partial charge in [0, 0.05) is 19.5 Å². The van der Waals surface area contributed by atoms with Crippen LogP contribution in [0.4, 0.5) is 4.79 Å². The third-order valence-corrected chi connectivity index (χ3v) is 3.23. The van der Waals surface area contributed by atoms with Crippen LogP contribution in [0.1, 0.15) is 26.2 Å². The van der Waals surface area contributed by atoms with Crippen molar-refractivity contribution >= 4 is 6.09 Å². The Kier molecular flexibility index (Phi) is 3.35. The Hall–Kier alpha value is -0.810. The highest BCUT2D eigenvalue weighted by Gasteiger charge is 2.39. The lowest BCUT2D eigenvalue weighted by Crippen LogP contribution is -2.47. The number of rotatable bonds is 3. The average molecular weight is 229 g/mol. The highest BCUT2D eigenvalue weighted by molar-refractivity contribution is 5.67. The largest absolute Gasteiger partial charge is 0.450 e. The maximum atomic E-state index is 11.4. The van der Waals surface area contributed by atoms with Crippen LogP contribution in [0, 0.1) is 0 Å². The van der Waals surface area contributed by atoms with Crippen molar-refractivity contribution in [1.82, 2.24) is 4.90 Å². The average Bonchev–Trinajstić information content (AvgIpc) is 3.02. The fraction of sp³-hybridized carbons (Fsp3) is 0.909. The van der Waals surface area contributed by atoms with E-state index in [4.69, 9.17) is 9.47 Å². The third kappa shape index (κ3) is 2.86. The zero-order valence-electron chi connectivity index (χ0n) is 9.65. The van der Waals surface area contributed by atoms with E-state index in [0.717, 1.165) is 6.61 Å². The molecule has 2 heterocycles. The third-order valence-electron chi connectivity index (χ3n) is 3.23. The van der Waals surface area contributed by atoms with Crippen molar-refractivity contribution < 1.29 is 19.4 Å². The van der Waals surface area contributed by atoms with Gasteiger partial charge in [0.25, 0.3) is 0 Å². The van der Waals surface area contributed by atoms with Gasteiger partial charge in [-0.1, -0.05) is 0 Å². The van der Waals surface area contributed by atoms with Crippen LogP contribution in [-0.2, 0) is 9.47 Å². The summed E-state index contributed by atoms with van der Waals surface area (Å²) in [6.07, 6.45) is 1.90. The Bertz CT molecular complexity index is 257. The van der Waals surface area contributed by atoms with Crippen molar-refractivity contribution in [3.63, 3.8) is 0 Å². The molecule has 0 bridgehead atoms. The summed E-state index contributed by atoms with van der Waals surface area (Å²) in [5.41, 5.74) is -0.649. The number of carbonyl (C=O) groups excluding carboxylic acids is 1. The van der Waals surface area contributed by atoms with Gasteiger partial charge in [-0.3, -0.25) is 0 Å². The SMILES string of the molecule is CCOC(=O)N1CCC(O)(CC2CO2)CC1. The maximum absolute atomic E-state index is 11.4. The second-order valence-electron chi connectivity index (χ2n) is 4.57. The Balaban J connectivity index is 1.78. The lowest BCUT2D eigenvalue weighted by molar-refractivity contribution is -0.0303. The highest BCUT2D eigenvalue weighted by atomic mass is 16.6. The summed E-state index contributed by atoms with van der Waals surface area (Å²) in [6.45, 7) is 4.10. The second kappa shape index (κ2) is 4.59. The van der Waals surface area contributed by atoms with Gasteiger partial charge in [-0.15, -0.1) is 0 Å². The van der Waals surface area contributed by atoms with Crippen molar-refractivity contribution in [1.29, 1.82) is 0 Å². The lowest BCUT2D eigenvalue weighted by atomic mass is 9.87. The van der Waals surface area contributed by atoms with Crippen LogP contribution in [0.3, 0.4) is 0 Å². The number of piperidine rings is 1. The molecule has 2 aliphatic heterocycles. The molecule has 1 unspecified atom stereocenters. The van der Waals surface area contributed by atoms with Crippen LogP contribution in [0.2, 0.25) is 0 Å². The number of hydrogen-bond acceptors (Lipinski definition) is 4. The predicted octanol–water partition coefficient (Wildman–Crippen LogP) is 0.759. The molecule has 0 spiro atoms. The molecule has 1 atom stereocenters. The number of nitrogens with zero attached hydrogens (tertiary/aromatic N) is 1. The smallest absolute Gasteiger partial charge is 0.409 e. The molecule has 2 rings (SSSR count). The van der Waals surface area contributed by atoms with E-state index in [1.807, 2.05) is 0 Å². The van der Waals surface area contributed by atoms with Crippen molar-refractivity contribution in [2.24, 2.45) is 0 Å². The van der Waals surface area contributed by atoms with E-state index in [1.54, 1.807) is 11.8 Å². The Labute approximate surface area is 95.3 Å². The second-order valence-corrected chi connectivity index (χ2v) is 4.57. The van der Waals surface area contributed by atoms with Crippen molar-refractivity contribution in [3.8, 4) is 0 Å². The molecular weight excluding hydrogens is 210 g/mol. The van der Waals surface area contributed by atoms with E-state index in [9.17, 15) is 9.90 Å². The molecular formula is C11H19NO4. The van der Waals surface area contributed by atoms with Crippen LogP contribution in [0.15, 0.2) is 0 Å². The normalized spacial score (nSPS) is 27.6. The van der Waals surface area contributed by atoms with E-state index < -0.39 is 5.60 Å². The highest BCUT2D eigenvalue weighted by Crippen LogP contribution is 2.31. The molecule has 5 heteroatoms. The first-order chi connectivity index (χ1) is 7.63. The fourth-order valence-electron chi connectivity index (χ4n) is 2.13. The number of epoxide rings is 1. The predicted molar refractivity (Wildman–Crippen MR) is 57.1 cm³/mol. The first-order valence-corrected chi connectivity index (χ1v) is 5.89. The molecule has 5 nitrogen and oxygen atoms in total. The Morgan fingerprint density at radius 3 is 2.69 bits per heavy atom. The van der Waals surface area contributed by atoms with Crippen LogP contribution < -0.4 is 0 Å². The summed E-state index contributed by atoms with van der Waals surface area (Å²) in [6, 6.07) is 0. The maximum Gasteiger partial charge on any atom is 0.409 e. The quantitative estimate of drug-likeness (QED) is 0.726. The van der Waals surface area contributed by atoms with Crippen molar-refractivity contribution in [2.75, 3.05) is 26.3 Å². The molecule has 2 fully saturated rings. The van der Waals surface area contributed by atoms with Gasteiger partial charge in [0.1, 0.15) is 0 Å². The lowest BCUT2D eigenvalue weighted by Gasteiger charge is -2.37. The van der Waals surface area contributed by atoms with Gasteiger partial charge in [0.05, 0.1) is 24.9 Å². The molecule has 1 amide bonds. The van der Waals surface area contributed by atoms with Gasteiger partial charge in [-0.05, 0) is 19.8 Å². The van der Waals surface area contributed by atoms with Gasteiger partial charge in [0.2, 0.25) is 0 Å².